The standard InChI is InChI=1S/C20H22N2O2S/c1-13-3-2-4-15(9-13)16-6-8-18(25-16)22-12-20(24-19(22)23)10-14-5-7-17(20)21-11-14/h2-4,6,8-9,14,17,21H,5,7,10-12H2,1H3. The van der Waals surface area contributed by atoms with Gasteiger partial charge in [0, 0.05) is 10.9 Å². The highest BCUT2D eigenvalue weighted by Gasteiger charge is 2.56. The van der Waals surface area contributed by atoms with Crippen LogP contribution >= 0.6 is 11.3 Å². The number of hydrogen-bond donors (Lipinski definition) is 1. The molecule has 1 amide bonds. The fraction of sp³-hybridized carbons (Fsp3) is 0.450. The molecule has 3 unspecified atom stereocenters. The number of nitrogens with one attached hydrogen (secondary N) is 1. The van der Waals surface area contributed by atoms with Gasteiger partial charge in [-0.3, -0.25) is 4.90 Å². The number of carbonyl (C=O) groups is 1. The van der Waals surface area contributed by atoms with Gasteiger partial charge in [-0.25, -0.2) is 4.79 Å². The van der Waals surface area contributed by atoms with Gasteiger partial charge in [-0.05, 0) is 56.3 Å². The van der Waals surface area contributed by atoms with E-state index in [-0.39, 0.29) is 11.7 Å². The summed E-state index contributed by atoms with van der Waals surface area (Å²) in [6.45, 7) is 3.85. The Morgan fingerprint density at radius 3 is 2.92 bits per heavy atom. The zero-order valence-electron chi connectivity index (χ0n) is 14.3. The van der Waals surface area contributed by atoms with Crippen molar-refractivity contribution in [2.24, 2.45) is 5.92 Å². The number of benzene rings is 1. The summed E-state index contributed by atoms with van der Waals surface area (Å²) in [6, 6.07) is 13.0. The van der Waals surface area contributed by atoms with Gasteiger partial charge in [0.15, 0.2) is 0 Å². The zero-order valence-corrected chi connectivity index (χ0v) is 15.1. The molecule has 3 saturated heterocycles. The lowest BCUT2D eigenvalue weighted by Crippen LogP contribution is -2.63. The van der Waals surface area contributed by atoms with Gasteiger partial charge < -0.3 is 10.1 Å². The van der Waals surface area contributed by atoms with E-state index in [4.69, 9.17) is 4.74 Å². The van der Waals surface area contributed by atoms with Crippen molar-refractivity contribution in [2.45, 2.75) is 37.8 Å². The van der Waals surface area contributed by atoms with E-state index in [1.54, 1.807) is 11.3 Å². The minimum Gasteiger partial charge on any atom is -0.439 e. The normalized spacial score (nSPS) is 30.9. The van der Waals surface area contributed by atoms with Crippen LogP contribution in [0, 0.1) is 12.8 Å². The van der Waals surface area contributed by atoms with Crippen LogP contribution in [0.2, 0.25) is 0 Å². The van der Waals surface area contributed by atoms with Gasteiger partial charge in [0.2, 0.25) is 0 Å². The molecule has 1 spiro atoms. The predicted octanol–water partition coefficient (Wildman–Crippen LogP) is 4.19. The van der Waals surface area contributed by atoms with E-state index in [0.29, 0.717) is 18.5 Å². The van der Waals surface area contributed by atoms with Crippen LogP contribution in [-0.4, -0.2) is 30.8 Å². The Morgan fingerprint density at radius 1 is 1.28 bits per heavy atom. The van der Waals surface area contributed by atoms with Crippen LogP contribution < -0.4 is 10.2 Å². The number of fused-ring (bicyclic) bond motifs is 2. The summed E-state index contributed by atoms with van der Waals surface area (Å²) in [6.07, 6.45) is 3.19. The molecular weight excluding hydrogens is 332 g/mol. The third kappa shape index (κ3) is 2.49. The van der Waals surface area contributed by atoms with Crippen LogP contribution in [0.5, 0.6) is 0 Å². The van der Waals surface area contributed by atoms with Crippen LogP contribution in [0.1, 0.15) is 24.8 Å². The number of nitrogens with zero attached hydrogens (tertiary/aromatic N) is 1. The molecule has 1 N–H and O–H groups in total. The largest absolute Gasteiger partial charge is 0.439 e. The number of rotatable bonds is 2. The smallest absolute Gasteiger partial charge is 0.415 e. The average Bonchev–Trinajstić information content (AvgIpc) is 3.21. The molecule has 3 atom stereocenters. The van der Waals surface area contributed by atoms with Crippen molar-refractivity contribution >= 4 is 22.4 Å². The first-order valence-electron chi connectivity index (χ1n) is 9.04. The molecule has 1 aliphatic carbocycles. The molecule has 4 heterocycles. The van der Waals surface area contributed by atoms with Crippen molar-refractivity contribution in [3.05, 3.63) is 42.0 Å². The van der Waals surface area contributed by atoms with Gasteiger partial charge in [0.1, 0.15) is 10.6 Å². The summed E-state index contributed by atoms with van der Waals surface area (Å²) in [5.41, 5.74) is 2.12. The number of piperidine rings is 2. The second-order valence-electron chi connectivity index (χ2n) is 7.63. The van der Waals surface area contributed by atoms with Crippen LogP contribution in [0.4, 0.5) is 9.80 Å². The van der Waals surface area contributed by atoms with Gasteiger partial charge in [-0.2, -0.15) is 0 Å². The van der Waals surface area contributed by atoms with Crippen molar-refractivity contribution in [1.82, 2.24) is 5.32 Å². The monoisotopic (exact) mass is 354 g/mol. The maximum Gasteiger partial charge on any atom is 0.415 e. The zero-order chi connectivity index (χ0) is 17.0. The summed E-state index contributed by atoms with van der Waals surface area (Å²) in [7, 11) is 0. The van der Waals surface area contributed by atoms with Gasteiger partial charge in [0.25, 0.3) is 0 Å². The molecule has 25 heavy (non-hydrogen) atoms. The maximum atomic E-state index is 12.6. The summed E-state index contributed by atoms with van der Waals surface area (Å²) < 4.78 is 5.96. The van der Waals surface area contributed by atoms with E-state index in [0.717, 1.165) is 24.4 Å². The molecule has 4 fully saturated rings. The molecule has 4 aliphatic rings. The number of thiophene rings is 1. The molecule has 1 aromatic heterocycles. The Balaban J connectivity index is 1.42. The number of amides is 1. The van der Waals surface area contributed by atoms with Crippen LogP contribution in [-0.2, 0) is 4.74 Å². The van der Waals surface area contributed by atoms with E-state index in [2.05, 4.69) is 48.6 Å². The van der Waals surface area contributed by atoms with Crippen molar-refractivity contribution in [1.29, 1.82) is 0 Å². The molecule has 0 radical (unpaired) electrons. The topological polar surface area (TPSA) is 41.6 Å². The molecule has 5 heteroatoms. The predicted molar refractivity (Wildman–Crippen MR) is 100 cm³/mol. The number of anilines is 1. The number of carbonyl (C=O) groups excluding carboxylic acids is 1. The highest BCUT2D eigenvalue weighted by atomic mass is 32.1. The van der Waals surface area contributed by atoms with E-state index >= 15 is 0 Å². The van der Waals surface area contributed by atoms with Gasteiger partial charge >= 0.3 is 6.09 Å². The first kappa shape index (κ1) is 15.4. The molecule has 6 rings (SSSR count). The lowest BCUT2D eigenvalue weighted by atomic mass is 9.71. The van der Waals surface area contributed by atoms with Gasteiger partial charge in [-0.15, -0.1) is 11.3 Å². The third-order valence-corrected chi connectivity index (χ3v) is 7.04. The lowest BCUT2D eigenvalue weighted by molar-refractivity contribution is -0.0457. The minimum atomic E-state index is -0.328. The second kappa shape index (κ2) is 5.58. The van der Waals surface area contributed by atoms with Crippen LogP contribution in [0.3, 0.4) is 0 Å². The quantitative estimate of drug-likeness (QED) is 0.879. The average molecular weight is 354 g/mol. The Kier molecular flexibility index (Phi) is 3.44. The third-order valence-electron chi connectivity index (χ3n) is 5.88. The molecular formula is C20H22N2O2S. The molecule has 2 aromatic rings. The van der Waals surface area contributed by atoms with Gasteiger partial charge in [0.05, 0.1) is 6.54 Å². The minimum absolute atomic E-state index is 0.188. The van der Waals surface area contributed by atoms with Crippen LogP contribution in [0.15, 0.2) is 36.4 Å². The molecule has 2 bridgehead atoms. The number of ether oxygens (including phenoxy) is 1. The summed E-state index contributed by atoms with van der Waals surface area (Å²) in [5, 5.41) is 4.57. The van der Waals surface area contributed by atoms with Crippen molar-refractivity contribution in [2.75, 3.05) is 18.0 Å². The first-order chi connectivity index (χ1) is 12.1. The maximum absolute atomic E-state index is 12.6. The summed E-state index contributed by atoms with van der Waals surface area (Å²) in [4.78, 5) is 15.6. The first-order valence-corrected chi connectivity index (χ1v) is 9.85. The van der Waals surface area contributed by atoms with Gasteiger partial charge in [-0.1, -0.05) is 29.8 Å². The Morgan fingerprint density at radius 2 is 2.20 bits per heavy atom. The highest BCUT2D eigenvalue weighted by Crippen LogP contribution is 2.45. The summed E-state index contributed by atoms with van der Waals surface area (Å²) >= 11 is 1.67. The van der Waals surface area contributed by atoms with E-state index in [9.17, 15) is 4.79 Å². The molecule has 130 valence electrons. The van der Waals surface area contributed by atoms with Crippen molar-refractivity contribution < 1.29 is 9.53 Å². The lowest BCUT2D eigenvalue weighted by Gasteiger charge is -2.48. The number of hydrogen-bond acceptors (Lipinski definition) is 4. The Hall–Kier alpha value is -1.85. The highest BCUT2D eigenvalue weighted by molar-refractivity contribution is 7.19. The van der Waals surface area contributed by atoms with Crippen LogP contribution in [0.25, 0.3) is 10.4 Å². The molecule has 1 aromatic carbocycles. The van der Waals surface area contributed by atoms with Crippen molar-refractivity contribution in [3.8, 4) is 10.4 Å². The molecule has 4 nitrogen and oxygen atoms in total. The number of aryl methyl sites for hydroxylation is 1. The molecule has 1 saturated carbocycles. The summed E-state index contributed by atoms with van der Waals surface area (Å²) in [5.74, 6) is 0.643. The SMILES string of the molecule is Cc1cccc(-c2ccc(N3CC4(CC5CCC4NC5)OC3=O)s2)c1. The van der Waals surface area contributed by atoms with Crippen molar-refractivity contribution in [3.63, 3.8) is 0 Å². The van der Waals surface area contributed by atoms with E-state index in [1.165, 1.54) is 22.4 Å². The fourth-order valence-corrected chi connectivity index (χ4v) is 5.64. The van der Waals surface area contributed by atoms with E-state index in [1.807, 2.05) is 4.90 Å². The second-order valence-corrected chi connectivity index (χ2v) is 8.70. The van der Waals surface area contributed by atoms with E-state index < -0.39 is 0 Å². The molecule has 3 aliphatic heterocycles. The Labute approximate surface area is 151 Å². The Bertz CT molecular complexity index is 825. The fourth-order valence-electron chi connectivity index (χ4n) is 4.64.